The first-order chi connectivity index (χ1) is 10.6. The highest BCUT2D eigenvalue weighted by Gasteiger charge is 2.25. The lowest BCUT2D eigenvalue weighted by atomic mass is 10.2. The molecule has 1 heterocycles. The number of nitrogens with zero attached hydrogens (tertiary/aromatic N) is 2. The summed E-state index contributed by atoms with van der Waals surface area (Å²) in [5, 5.41) is 6.33. The predicted molar refractivity (Wildman–Crippen MR) is 86.3 cm³/mol. The predicted octanol–water partition coefficient (Wildman–Crippen LogP) is 3.98. The Bertz CT molecular complexity index is 704. The SMILES string of the molecule is O=C(NCc1cc(C2CC2)ncn1)Nc1cc(Cl)ccc1Cl. The van der Waals surface area contributed by atoms with Gasteiger partial charge in [-0.3, -0.25) is 0 Å². The second-order valence-corrected chi connectivity index (χ2v) is 5.98. The number of nitrogens with one attached hydrogen (secondary N) is 2. The van der Waals surface area contributed by atoms with Gasteiger partial charge in [0.15, 0.2) is 0 Å². The number of anilines is 1. The summed E-state index contributed by atoms with van der Waals surface area (Å²) in [6.07, 6.45) is 3.89. The summed E-state index contributed by atoms with van der Waals surface area (Å²) in [6.45, 7) is 0.326. The van der Waals surface area contributed by atoms with Gasteiger partial charge in [0.25, 0.3) is 0 Å². The molecule has 114 valence electrons. The minimum Gasteiger partial charge on any atom is -0.332 e. The molecular formula is C15H14Cl2N4O. The molecule has 0 radical (unpaired) electrons. The van der Waals surface area contributed by atoms with Crippen LogP contribution in [0.4, 0.5) is 10.5 Å². The van der Waals surface area contributed by atoms with Crippen molar-refractivity contribution in [1.82, 2.24) is 15.3 Å². The van der Waals surface area contributed by atoms with Crippen molar-refractivity contribution in [3.63, 3.8) is 0 Å². The van der Waals surface area contributed by atoms with E-state index in [9.17, 15) is 4.79 Å². The van der Waals surface area contributed by atoms with Crippen molar-refractivity contribution in [1.29, 1.82) is 0 Å². The summed E-state index contributed by atoms with van der Waals surface area (Å²) in [4.78, 5) is 20.3. The van der Waals surface area contributed by atoms with Crippen LogP contribution >= 0.6 is 23.2 Å². The van der Waals surface area contributed by atoms with E-state index in [4.69, 9.17) is 23.2 Å². The van der Waals surface area contributed by atoms with E-state index in [1.165, 1.54) is 19.2 Å². The van der Waals surface area contributed by atoms with Crippen LogP contribution in [0.2, 0.25) is 10.0 Å². The molecule has 0 saturated heterocycles. The number of aromatic nitrogens is 2. The van der Waals surface area contributed by atoms with Gasteiger partial charge in [0, 0.05) is 16.6 Å². The minimum absolute atomic E-state index is 0.326. The molecule has 5 nitrogen and oxygen atoms in total. The van der Waals surface area contributed by atoms with Crippen LogP contribution in [0.25, 0.3) is 0 Å². The van der Waals surface area contributed by atoms with Crippen molar-refractivity contribution >= 4 is 34.9 Å². The molecule has 22 heavy (non-hydrogen) atoms. The Labute approximate surface area is 138 Å². The fourth-order valence-corrected chi connectivity index (χ4v) is 2.38. The molecule has 7 heteroatoms. The average Bonchev–Trinajstić information content (AvgIpc) is 3.34. The van der Waals surface area contributed by atoms with Crippen LogP contribution in [0.5, 0.6) is 0 Å². The molecule has 0 aliphatic heterocycles. The largest absolute Gasteiger partial charge is 0.332 e. The molecule has 0 spiro atoms. The highest BCUT2D eigenvalue weighted by Crippen LogP contribution is 2.38. The molecule has 1 fully saturated rings. The van der Waals surface area contributed by atoms with Gasteiger partial charge in [-0.2, -0.15) is 0 Å². The van der Waals surface area contributed by atoms with Gasteiger partial charge >= 0.3 is 6.03 Å². The van der Waals surface area contributed by atoms with Crippen LogP contribution in [0, 0.1) is 0 Å². The number of halogens is 2. The van der Waals surface area contributed by atoms with Crippen molar-refractivity contribution < 1.29 is 4.79 Å². The zero-order valence-corrected chi connectivity index (χ0v) is 13.2. The molecule has 2 aromatic rings. The summed E-state index contributed by atoms with van der Waals surface area (Å²) in [5.74, 6) is 0.556. The van der Waals surface area contributed by atoms with Gasteiger partial charge in [-0.25, -0.2) is 14.8 Å². The maximum atomic E-state index is 11.9. The second kappa shape index (κ2) is 6.50. The van der Waals surface area contributed by atoms with E-state index in [-0.39, 0.29) is 6.03 Å². The molecule has 3 rings (SSSR count). The summed E-state index contributed by atoms with van der Waals surface area (Å²) < 4.78 is 0. The fraction of sp³-hybridized carbons (Fsp3) is 0.267. The van der Waals surface area contributed by atoms with Crippen molar-refractivity contribution in [2.75, 3.05) is 5.32 Å². The molecule has 1 aromatic carbocycles. The Morgan fingerprint density at radius 3 is 2.82 bits per heavy atom. The van der Waals surface area contributed by atoms with E-state index in [2.05, 4.69) is 20.6 Å². The number of hydrogen-bond acceptors (Lipinski definition) is 3. The molecule has 1 saturated carbocycles. The lowest BCUT2D eigenvalue weighted by Gasteiger charge is -2.09. The van der Waals surface area contributed by atoms with Gasteiger partial charge in [-0.05, 0) is 37.1 Å². The van der Waals surface area contributed by atoms with Gasteiger partial charge < -0.3 is 10.6 Å². The second-order valence-electron chi connectivity index (χ2n) is 5.14. The third-order valence-electron chi connectivity index (χ3n) is 3.35. The number of urea groups is 1. The monoisotopic (exact) mass is 336 g/mol. The Morgan fingerprint density at radius 2 is 2.05 bits per heavy atom. The van der Waals surface area contributed by atoms with E-state index in [1.54, 1.807) is 18.2 Å². The third-order valence-corrected chi connectivity index (χ3v) is 3.91. The quantitative estimate of drug-likeness (QED) is 0.887. The van der Waals surface area contributed by atoms with Crippen molar-refractivity contribution in [2.45, 2.75) is 25.3 Å². The minimum atomic E-state index is -0.365. The molecule has 1 aliphatic rings. The van der Waals surface area contributed by atoms with Gasteiger partial charge in [-0.1, -0.05) is 23.2 Å². The lowest BCUT2D eigenvalue weighted by molar-refractivity contribution is 0.251. The standard InChI is InChI=1S/C15H14Cl2N4O/c16-10-3-4-12(17)14(5-10)21-15(22)18-7-11-6-13(9-1-2-9)20-8-19-11/h3-6,8-9H,1-2,7H2,(H2,18,21,22). The van der Waals surface area contributed by atoms with Gasteiger partial charge in [0.05, 0.1) is 22.9 Å². The fourth-order valence-electron chi connectivity index (χ4n) is 2.04. The van der Waals surface area contributed by atoms with E-state index in [0.717, 1.165) is 11.4 Å². The molecule has 1 aliphatic carbocycles. The summed E-state index contributed by atoms with van der Waals surface area (Å²) in [7, 11) is 0. The third kappa shape index (κ3) is 3.87. The van der Waals surface area contributed by atoms with Crippen LogP contribution < -0.4 is 10.6 Å². The van der Waals surface area contributed by atoms with E-state index in [1.807, 2.05) is 6.07 Å². The Morgan fingerprint density at radius 1 is 1.23 bits per heavy atom. The number of benzene rings is 1. The maximum absolute atomic E-state index is 11.9. The van der Waals surface area contributed by atoms with Crippen molar-refractivity contribution in [3.05, 3.63) is 52.0 Å². The summed E-state index contributed by atoms with van der Waals surface area (Å²) in [6, 6.07) is 6.46. The first-order valence-electron chi connectivity index (χ1n) is 6.92. The van der Waals surface area contributed by atoms with Crippen LogP contribution in [-0.2, 0) is 6.54 Å². The summed E-state index contributed by atoms with van der Waals surface area (Å²) >= 11 is 11.9. The number of carbonyl (C=O) groups is 1. The smallest absolute Gasteiger partial charge is 0.319 e. The van der Waals surface area contributed by atoms with Crippen LogP contribution in [-0.4, -0.2) is 16.0 Å². The van der Waals surface area contributed by atoms with E-state index < -0.39 is 0 Å². The Balaban J connectivity index is 1.58. The van der Waals surface area contributed by atoms with Gasteiger partial charge in [0.1, 0.15) is 6.33 Å². The highest BCUT2D eigenvalue weighted by molar-refractivity contribution is 6.35. The van der Waals surface area contributed by atoms with Gasteiger partial charge in [0.2, 0.25) is 0 Å². The average molecular weight is 337 g/mol. The number of carbonyl (C=O) groups excluding carboxylic acids is 1. The number of hydrogen-bond donors (Lipinski definition) is 2. The van der Waals surface area contributed by atoms with Crippen LogP contribution in [0.3, 0.4) is 0 Å². The Hall–Kier alpha value is -1.85. The van der Waals surface area contributed by atoms with E-state index >= 15 is 0 Å². The molecule has 0 bridgehead atoms. The van der Waals surface area contributed by atoms with Crippen LogP contribution in [0.15, 0.2) is 30.6 Å². The molecule has 1 aromatic heterocycles. The normalized spacial score (nSPS) is 13.7. The zero-order valence-electron chi connectivity index (χ0n) is 11.6. The Kier molecular flexibility index (Phi) is 4.45. The number of amides is 2. The molecule has 2 N–H and O–H groups in total. The lowest BCUT2D eigenvalue weighted by Crippen LogP contribution is -2.28. The topological polar surface area (TPSA) is 66.9 Å². The molecule has 0 atom stereocenters. The molecular weight excluding hydrogens is 323 g/mol. The summed E-state index contributed by atoms with van der Waals surface area (Å²) in [5.41, 5.74) is 2.29. The van der Waals surface area contributed by atoms with Gasteiger partial charge in [-0.15, -0.1) is 0 Å². The molecule has 0 unspecified atom stereocenters. The molecule has 2 amide bonds. The number of rotatable bonds is 4. The maximum Gasteiger partial charge on any atom is 0.319 e. The zero-order chi connectivity index (χ0) is 15.5. The van der Waals surface area contributed by atoms with Crippen molar-refractivity contribution in [3.8, 4) is 0 Å². The first-order valence-corrected chi connectivity index (χ1v) is 7.68. The van der Waals surface area contributed by atoms with Crippen molar-refractivity contribution in [2.24, 2.45) is 0 Å². The van der Waals surface area contributed by atoms with E-state index in [0.29, 0.717) is 28.2 Å². The van der Waals surface area contributed by atoms with Crippen LogP contribution in [0.1, 0.15) is 30.1 Å². The highest BCUT2D eigenvalue weighted by atomic mass is 35.5. The first kappa shape index (κ1) is 15.1.